The molecule has 0 radical (unpaired) electrons. The number of methoxy groups -OCH3 is 1. The van der Waals surface area contributed by atoms with Crippen molar-refractivity contribution in [3.05, 3.63) is 58.5 Å². The first-order valence-corrected chi connectivity index (χ1v) is 6.21. The fourth-order valence-corrected chi connectivity index (χ4v) is 1.89. The quantitative estimate of drug-likeness (QED) is 0.913. The molecule has 0 aliphatic heterocycles. The standard InChI is InChI=1S/C14H14ClFN2O/c1-19-13-7-10(5-6-18-13)8-17-9-11-3-2-4-12(16)14(11)15/h2-7,17H,8-9H2,1H3. The van der Waals surface area contributed by atoms with Gasteiger partial charge in [0.2, 0.25) is 5.88 Å². The van der Waals surface area contributed by atoms with E-state index in [1.54, 1.807) is 25.4 Å². The number of hydrogen-bond donors (Lipinski definition) is 1. The number of halogens is 2. The molecule has 1 heterocycles. The molecule has 19 heavy (non-hydrogen) atoms. The van der Waals surface area contributed by atoms with E-state index in [0.29, 0.717) is 19.0 Å². The molecule has 2 aromatic rings. The summed E-state index contributed by atoms with van der Waals surface area (Å²) in [5.41, 5.74) is 1.78. The van der Waals surface area contributed by atoms with Gasteiger partial charge in [0.15, 0.2) is 0 Å². The molecular formula is C14H14ClFN2O. The number of nitrogens with zero attached hydrogens (tertiary/aromatic N) is 1. The van der Waals surface area contributed by atoms with Gasteiger partial charge in [0.25, 0.3) is 0 Å². The zero-order valence-corrected chi connectivity index (χ0v) is 11.2. The Labute approximate surface area is 116 Å². The van der Waals surface area contributed by atoms with Gasteiger partial charge < -0.3 is 10.1 Å². The number of nitrogens with one attached hydrogen (secondary N) is 1. The maximum Gasteiger partial charge on any atom is 0.213 e. The van der Waals surface area contributed by atoms with Crippen LogP contribution in [0, 0.1) is 5.82 Å². The van der Waals surface area contributed by atoms with Crippen molar-refractivity contribution in [2.24, 2.45) is 0 Å². The molecular weight excluding hydrogens is 267 g/mol. The van der Waals surface area contributed by atoms with Gasteiger partial charge in [0.1, 0.15) is 5.82 Å². The SMILES string of the molecule is COc1cc(CNCc2cccc(F)c2Cl)ccn1. The van der Waals surface area contributed by atoms with Crippen LogP contribution in [0.2, 0.25) is 5.02 Å². The highest BCUT2D eigenvalue weighted by Gasteiger charge is 2.05. The summed E-state index contributed by atoms with van der Waals surface area (Å²) in [5.74, 6) is 0.176. The van der Waals surface area contributed by atoms with Crippen molar-refractivity contribution in [3.8, 4) is 5.88 Å². The Balaban J connectivity index is 1.94. The number of benzene rings is 1. The molecule has 100 valence electrons. The van der Waals surface area contributed by atoms with E-state index in [1.165, 1.54) is 6.07 Å². The lowest BCUT2D eigenvalue weighted by Gasteiger charge is -2.08. The third-order valence-corrected chi connectivity index (χ3v) is 3.11. The van der Waals surface area contributed by atoms with Crippen molar-refractivity contribution in [2.75, 3.05) is 7.11 Å². The first-order valence-electron chi connectivity index (χ1n) is 5.83. The molecule has 0 atom stereocenters. The normalized spacial score (nSPS) is 10.5. The molecule has 0 aliphatic carbocycles. The van der Waals surface area contributed by atoms with Crippen molar-refractivity contribution in [1.29, 1.82) is 0 Å². The Morgan fingerprint density at radius 1 is 1.32 bits per heavy atom. The first kappa shape index (κ1) is 13.8. The van der Waals surface area contributed by atoms with Gasteiger partial charge in [-0.1, -0.05) is 23.7 Å². The van der Waals surface area contributed by atoms with Crippen LogP contribution in [-0.2, 0) is 13.1 Å². The molecule has 5 heteroatoms. The monoisotopic (exact) mass is 280 g/mol. The molecule has 1 aromatic heterocycles. The predicted octanol–water partition coefficient (Wildman–Crippen LogP) is 3.17. The average molecular weight is 281 g/mol. The molecule has 0 unspecified atom stereocenters. The molecule has 1 N–H and O–H groups in total. The Kier molecular flexibility index (Phi) is 4.71. The van der Waals surface area contributed by atoms with Crippen LogP contribution in [0.15, 0.2) is 36.5 Å². The second-order valence-electron chi connectivity index (χ2n) is 4.02. The van der Waals surface area contributed by atoms with Gasteiger partial charge in [-0.2, -0.15) is 0 Å². The molecule has 2 rings (SSSR count). The third kappa shape index (κ3) is 3.66. The number of hydrogen-bond acceptors (Lipinski definition) is 3. The number of aromatic nitrogens is 1. The molecule has 0 amide bonds. The summed E-state index contributed by atoms with van der Waals surface area (Å²) >= 11 is 5.88. The van der Waals surface area contributed by atoms with Gasteiger partial charge in [-0.25, -0.2) is 9.37 Å². The van der Waals surface area contributed by atoms with E-state index in [0.717, 1.165) is 11.1 Å². The van der Waals surface area contributed by atoms with Gasteiger partial charge >= 0.3 is 0 Å². The second-order valence-corrected chi connectivity index (χ2v) is 4.40. The third-order valence-electron chi connectivity index (χ3n) is 2.68. The molecule has 3 nitrogen and oxygen atoms in total. The topological polar surface area (TPSA) is 34.1 Å². The molecule has 1 aromatic carbocycles. The summed E-state index contributed by atoms with van der Waals surface area (Å²) < 4.78 is 18.3. The minimum atomic E-state index is -0.397. The predicted molar refractivity (Wildman–Crippen MR) is 72.7 cm³/mol. The van der Waals surface area contributed by atoms with Crippen LogP contribution in [-0.4, -0.2) is 12.1 Å². The summed E-state index contributed by atoms with van der Waals surface area (Å²) in [6.45, 7) is 1.13. The van der Waals surface area contributed by atoms with Gasteiger partial charge in [-0.15, -0.1) is 0 Å². The van der Waals surface area contributed by atoms with Crippen molar-refractivity contribution in [2.45, 2.75) is 13.1 Å². The zero-order valence-electron chi connectivity index (χ0n) is 10.5. The van der Waals surface area contributed by atoms with Gasteiger partial charge in [-0.3, -0.25) is 0 Å². The lowest BCUT2D eigenvalue weighted by molar-refractivity contribution is 0.397. The average Bonchev–Trinajstić information content (AvgIpc) is 2.44. The number of pyridine rings is 1. The molecule has 0 saturated carbocycles. The van der Waals surface area contributed by atoms with Crippen LogP contribution in [0.3, 0.4) is 0 Å². The second kappa shape index (κ2) is 6.50. The van der Waals surface area contributed by atoms with Crippen LogP contribution >= 0.6 is 11.6 Å². The molecule has 0 saturated heterocycles. The van der Waals surface area contributed by atoms with Crippen molar-refractivity contribution in [3.63, 3.8) is 0 Å². The van der Waals surface area contributed by atoms with Gasteiger partial charge in [0.05, 0.1) is 12.1 Å². The number of ether oxygens (including phenoxy) is 1. The van der Waals surface area contributed by atoms with Crippen molar-refractivity contribution in [1.82, 2.24) is 10.3 Å². The van der Waals surface area contributed by atoms with E-state index in [9.17, 15) is 4.39 Å². The Morgan fingerprint density at radius 2 is 2.16 bits per heavy atom. The highest BCUT2D eigenvalue weighted by atomic mass is 35.5. The van der Waals surface area contributed by atoms with Crippen LogP contribution in [0.5, 0.6) is 5.88 Å². The van der Waals surface area contributed by atoms with Crippen LogP contribution in [0.1, 0.15) is 11.1 Å². The molecule has 0 bridgehead atoms. The van der Waals surface area contributed by atoms with Crippen LogP contribution in [0.4, 0.5) is 4.39 Å². The zero-order chi connectivity index (χ0) is 13.7. The highest BCUT2D eigenvalue weighted by Crippen LogP contribution is 2.19. The lowest BCUT2D eigenvalue weighted by atomic mass is 10.2. The highest BCUT2D eigenvalue weighted by molar-refractivity contribution is 6.31. The van der Waals surface area contributed by atoms with E-state index < -0.39 is 5.82 Å². The largest absolute Gasteiger partial charge is 0.481 e. The minimum absolute atomic E-state index is 0.169. The molecule has 0 aliphatic rings. The van der Waals surface area contributed by atoms with Gasteiger partial charge in [0, 0.05) is 25.4 Å². The van der Waals surface area contributed by atoms with E-state index >= 15 is 0 Å². The fourth-order valence-electron chi connectivity index (χ4n) is 1.70. The van der Waals surface area contributed by atoms with E-state index in [-0.39, 0.29) is 5.02 Å². The van der Waals surface area contributed by atoms with Crippen LogP contribution < -0.4 is 10.1 Å². The minimum Gasteiger partial charge on any atom is -0.481 e. The summed E-state index contributed by atoms with van der Waals surface area (Å²) in [6.07, 6.45) is 1.69. The number of rotatable bonds is 5. The Morgan fingerprint density at radius 3 is 2.95 bits per heavy atom. The molecule has 0 fully saturated rings. The fraction of sp³-hybridized carbons (Fsp3) is 0.214. The van der Waals surface area contributed by atoms with E-state index in [2.05, 4.69) is 10.3 Å². The molecule has 0 spiro atoms. The summed E-state index contributed by atoms with van der Waals surface area (Å²) in [6, 6.07) is 8.53. The summed E-state index contributed by atoms with van der Waals surface area (Å²) in [7, 11) is 1.58. The summed E-state index contributed by atoms with van der Waals surface area (Å²) in [4.78, 5) is 4.03. The van der Waals surface area contributed by atoms with E-state index in [1.807, 2.05) is 12.1 Å². The summed E-state index contributed by atoms with van der Waals surface area (Å²) in [5, 5.41) is 3.37. The maximum atomic E-state index is 13.2. The van der Waals surface area contributed by atoms with Gasteiger partial charge in [-0.05, 0) is 23.3 Å². The Hall–Kier alpha value is -1.65. The maximum absolute atomic E-state index is 13.2. The van der Waals surface area contributed by atoms with Crippen molar-refractivity contribution >= 4 is 11.6 Å². The first-order chi connectivity index (χ1) is 9.20. The van der Waals surface area contributed by atoms with E-state index in [4.69, 9.17) is 16.3 Å². The lowest BCUT2D eigenvalue weighted by Crippen LogP contribution is -2.13. The van der Waals surface area contributed by atoms with Crippen LogP contribution in [0.25, 0.3) is 0 Å². The smallest absolute Gasteiger partial charge is 0.213 e. The Bertz CT molecular complexity index is 563. The van der Waals surface area contributed by atoms with Crippen molar-refractivity contribution < 1.29 is 9.13 Å².